The van der Waals surface area contributed by atoms with Gasteiger partial charge in [-0.25, -0.2) is 0 Å². The SMILES string of the molecule is CC(C)Oc1ccc(-c2nc(-c3cccc4c3CC[C@@H]4N(CCO)[S@@+]([O-])C(C)(C)C)no2)cc1C#N. The maximum atomic E-state index is 13.3. The summed E-state index contributed by atoms with van der Waals surface area (Å²) < 4.78 is 26.0. The maximum absolute atomic E-state index is 13.3. The van der Waals surface area contributed by atoms with Crippen molar-refractivity contribution in [3.8, 4) is 34.7 Å². The number of benzene rings is 2. The molecule has 0 saturated heterocycles. The summed E-state index contributed by atoms with van der Waals surface area (Å²) in [7, 11) is 0. The van der Waals surface area contributed by atoms with Gasteiger partial charge in [0.15, 0.2) is 0 Å². The molecule has 0 saturated carbocycles. The second-order valence-corrected chi connectivity index (χ2v) is 12.3. The Morgan fingerprint density at radius 1 is 1.31 bits per heavy atom. The number of rotatable bonds is 8. The van der Waals surface area contributed by atoms with Crippen LogP contribution in [-0.2, 0) is 17.8 Å². The summed E-state index contributed by atoms with van der Waals surface area (Å²) in [4.78, 5) is 4.63. The first-order valence-corrected chi connectivity index (χ1v) is 13.2. The molecule has 1 N–H and O–H groups in total. The zero-order valence-electron chi connectivity index (χ0n) is 21.3. The Labute approximate surface area is 215 Å². The number of aromatic nitrogens is 2. The lowest BCUT2D eigenvalue weighted by atomic mass is 10.0. The van der Waals surface area contributed by atoms with E-state index in [9.17, 15) is 14.9 Å². The van der Waals surface area contributed by atoms with E-state index >= 15 is 0 Å². The van der Waals surface area contributed by atoms with Crippen LogP contribution in [0.4, 0.5) is 0 Å². The summed E-state index contributed by atoms with van der Waals surface area (Å²) in [5.41, 5.74) is 4.09. The first-order chi connectivity index (χ1) is 17.1. The lowest BCUT2D eigenvalue weighted by molar-refractivity contribution is 0.222. The van der Waals surface area contributed by atoms with Gasteiger partial charge < -0.3 is 18.9 Å². The highest BCUT2D eigenvalue weighted by Crippen LogP contribution is 2.42. The van der Waals surface area contributed by atoms with Crippen LogP contribution in [0.2, 0.25) is 0 Å². The van der Waals surface area contributed by atoms with E-state index in [-0.39, 0.29) is 18.8 Å². The van der Waals surface area contributed by atoms with Gasteiger partial charge in [0.05, 0.1) is 30.9 Å². The molecule has 36 heavy (non-hydrogen) atoms. The lowest BCUT2D eigenvalue weighted by Crippen LogP contribution is -2.45. The third-order valence-corrected chi connectivity index (χ3v) is 7.93. The van der Waals surface area contributed by atoms with Crippen LogP contribution < -0.4 is 4.74 Å². The molecular formula is C27H32N4O4S. The van der Waals surface area contributed by atoms with E-state index in [1.165, 1.54) is 0 Å². The number of nitrogens with zero attached hydrogens (tertiary/aromatic N) is 4. The molecule has 1 aliphatic carbocycles. The normalized spacial score (nSPS) is 16.3. The zero-order valence-corrected chi connectivity index (χ0v) is 22.1. The molecule has 0 bridgehead atoms. The molecule has 0 spiro atoms. The van der Waals surface area contributed by atoms with E-state index in [1.54, 1.807) is 18.2 Å². The van der Waals surface area contributed by atoms with E-state index < -0.39 is 16.1 Å². The van der Waals surface area contributed by atoms with Gasteiger partial charge in [0.2, 0.25) is 5.82 Å². The van der Waals surface area contributed by atoms with Crippen molar-refractivity contribution in [3.63, 3.8) is 0 Å². The van der Waals surface area contributed by atoms with Gasteiger partial charge in [0.1, 0.15) is 16.6 Å². The maximum Gasteiger partial charge on any atom is 0.258 e. The molecule has 2 atom stereocenters. The highest BCUT2D eigenvalue weighted by molar-refractivity contribution is 7.90. The smallest absolute Gasteiger partial charge is 0.258 e. The summed E-state index contributed by atoms with van der Waals surface area (Å²) in [5.74, 6) is 1.30. The molecule has 0 unspecified atom stereocenters. The molecule has 0 fully saturated rings. The zero-order chi connectivity index (χ0) is 26.0. The van der Waals surface area contributed by atoms with Crippen LogP contribution in [0.3, 0.4) is 0 Å². The minimum absolute atomic E-state index is 0.0453. The topological polar surface area (TPSA) is 118 Å². The number of aliphatic hydroxyl groups is 1. The van der Waals surface area contributed by atoms with Gasteiger partial charge in [-0.05, 0) is 76.8 Å². The third kappa shape index (κ3) is 5.27. The fourth-order valence-electron chi connectivity index (χ4n) is 4.50. The Bertz CT molecular complexity index is 1260. The van der Waals surface area contributed by atoms with Gasteiger partial charge in [0, 0.05) is 22.5 Å². The Morgan fingerprint density at radius 3 is 2.75 bits per heavy atom. The van der Waals surface area contributed by atoms with Crippen molar-refractivity contribution in [1.29, 1.82) is 5.26 Å². The molecule has 3 aromatic rings. The monoisotopic (exact) mass is 508 g/mol. The molecule has 4 rings (SSSR count). The molecule has 8 nitrogen and oxygen atoms in total. The van der Waals surface area contributed by atoms with E-state index in [1.807, 2.05) is 57.1 Å². The fourth-order valence-corrected chi connectivity index (χ4v) is 5.90. The van der Waals surface area contributed by atoms with Crippen molar-refractivity contribution in [2.24, 2.45) is 0 Å². The van der Waals surface area contributed by atoms with Crippen LogP contribution in [-0.4, -0.2) is 48.1 Å². The summed E-state index contributed by atoms with van der Waals surface area (Å²) in [5, 5.41) is 23.4. The minimum atomic E-state index is -1.27. The number of aliphatic hydroxyl groups excluding tert-OH is 1. The molecule has 9 heteroatoms. The highest BCUT2D eigenvalue weighted by Gasteiger charge is 2.41. The fraction of sp³-hybridized carbons (Fsp3) is 0.444. The van der Waals surface area contributed by atoms with Gasteiger partial charge in [0.25, 0.3) is 5.89 Å². The van der Waals surface area contributed by atoms with E-state index in [0.29, 0.717) is 35.1 Å². The van der Waals surface area contributed by atoms with Gasteiger partial charge >= 0.3 is 0 Å². The van der Waals surface area contributed by atoms with Crippen LogP contribution in [0.5, 0.6) is 5.75 Å². The molecule has 0 radical (unpaired) electrons. The van der Waals surface area contributed by atoms with Crippen LogP contribution in [0.25, 0.3) is 22.8 Å². The second kappa shape index (κ2) is 10.6. The quantitative estimate of drug-likeness (QED) is 0.431. The molecule has 0 amide bonds. The van der Waals surface area contributed by atoms with Crippen LogP contribution in [0.1, 0.15) is 63.8 Å². The molecule has 190 valence electrons. The van der Waals surface area contributed by atoms with Gasteiger partial charge in [-0.3, -0.25) is 0 Å². The number of nitriles is 1. The average Bonchev–Trinajstić information content (AvgIpc) is 3.49. The Hall–Kier alpha value is -2.90. The molecule has 1 aromatic heterocycles. The average molecular weight is 509 g/mol. The predicted molar refractivity (Wildman–Crippen MR) is 138 cm³/mol. The van der Waals surface area contributed by atoms with Gasteiger partial charge in [-0.2, -0.15) is 10.2 Å². The van der Waals surface area contributed by atoms with Crippen molar-refractivity contribution >= 4 is 11.4 Å². The van der Waals surface area contributed by atoms with Crippen molar-refractivity contribution in [1.82, 2.24) is 14.4 Å². The van der Waals surface area contributed by atoms with E-state index in [0.717, 1.165) is 29.5 Å². The first-order valence-electron chi connectivity index (χ1n) is 12.1. The highest BCUT2D eigenvalue weighted by atomic mass is 32.2. The lowest BCUT2D eigenvalue weighted by Gasteiger charge is -2.36. The number of hydrogen-bond acceptors (Lipinski definition) is 8. The second-order valence-electron chi connectivity index (χ2n) is 10.1. The predicted octanol–water partition coefficient (Wildman–Crippen LogP) is 4.81. The summed E-state index contributed by atoms with van der Waals surface area (Å²) in [6.45, 7) is 9.92. The van der Waals surface area contributed by atoms with Crippen molar-refractivity contribution in [2.75, 3.05) is 13.2 Å². The van der Waals surface area contributed by atoms with E-state index in [4.69, 9.17) is 9.26 Å². The molecule has 1 heterocycles. The largest absolute Gasteiger partial charge is 0.597 e. The van der Waals surface area contributed by atoms with Gasteiger partial charge in [-0.15, -0.1) is 4.31 Å². The molecule has 2 aromatic carbocycles. The molecule has 0 aliphatic heterocycles. The van der Waals surface area contributed by atoms with Crippen molar-refractivity contribution in [3.05, 3.63) is 53.1 Å². The van der Waals surface area contributed by atoms with Gasteiger partial charge in [-0.1, -0.05) is 23.4 Å². The Balaban J connectivity index is 1.65. The minimum Gasteiger partial charge on any atom is -0.597 e. The number of hydrogen-bond donors (Lipinski definition) is 1. The standard InChI is InChI=1S/C27H32N4O4S/c1-17(2)34-24-12-9-18(15-19(24)16-28)26-29-25(30-35-26)22-8-6-7-21-20(22)10-11-23(21)31(13-14-32)36(33)27(3,4)5/h6-9,12,15,17,23,32H,10-11,13-14H2,1-5H3/t23-,36-/m0/s1. The Morgan fingerprint density at radius 2 is 2.08 bits per heavy atom. The summed E-state index contributed by atoms with van der Waals surface area (Å²) >= 11 is -1.27. The summed E-state index contributed by atoms with van der Waals surface area (Å²) in [6.07, 6.45) is 1.53. The van der Waals surface area contributed by atoms with Crippen molar-refractivity contribution < 1.29 is 18.9 Å². The van der Waals surface area contributed by atoms with Crippen LogP contribution >= 0.6 is 0 Å². The van der Waals surface area contributed by atoms with Crippen LogP contribution in [0, 0.1) is 11.3 Å². The van der Waals surface area contributed by atoms with Crippen LogP contribution in [0.15, 0.2) is 40.9 Å². The summed E-state index contributed by atoms with van der Waals surface area (Å²) in [6, 6.07) is 13.3. The number of fused-ring (bicyclic) bond motifs is 1. The van der Waals surface area contributed by atoms with E-state index in [2.05, 4.69) is 16.2 Å². The Kier molecular flexibility index (Phi) is 7.71. The molecule has 1 aliphatic rings. The number of ether oxygens (including phenoxy) is 1. The first kappa shape index (κ1) is 26.2. The molecular weight excluding hydrogens is 476 g/mol. The van der Waals surface area contributed by atoms with Crippen molar-refractivity contribution in [2.45, 2.75) is 64.4 Å². The third-order valence-electron chi connectivity index (χ3n) is 6.02.